The molecule has 3 rings (SSSR count). The van der Waals surface area contributed by atoms with Crippen molar-refractivity contribution in [3.8, 4) is 16.9 Å². The molecule has 1 fully saturated rings. The predicted octanol–water partition coefficient (Wildman–Crippen LogP) is 5.20. The summed E-state index contributed by atoms with van der Waals surface area (Å²) in [6.45, 7) is 7.72. The van der Waals surface area contributed by atoms with Crippen molar-refractivity contribution in [2.24, 2.45) is 0 Å². The molecule has 0 N–H and O–H groups in total. The van der Waals surface area contributed by atoms with E-state index in [1.54, 1.807) is 31.4 Å². The molecule has 0 aromatic heterocycles. The van der Waals surface area contributed by atoms with Crippen LogP contribution in [0.1, 0.15) is 5.56 Å². The third-order valence-corrected chi connectivity index (χ3v) is 5.92. The fraction of sp³-hybridized carbons (Fsp3) is 0.318. The highest BCUT2D eigenvalue weighted by molar-refractivity contribution is 6.37. The van der Waals surface area contributed by atoms with Crippen LogP contribution in [0.3, 0.4) is 0 Å². The quantitative estimate of drug-likeness (QED) is 0.564. The van der Waals surface area contributed by atoms with Crippen molar-refractivity contribution in [3.63, 3.8) is 0 Å². The molecule has 0 atom stereocenters. The summed E-state index contributed by atoms with van der Waals surface area (Å²) in [7, 11) is 1.57. The standard InChI is InChI=1S/C22H23Cl3N2O2/c1-3-6-26-7-9-27(10-8-26)22(28)12-15-11-17(20(25)14-21(15)29-2)18-13-16(23)4-5-19(18)24/h3-5,11,13-14H,1,6-10,12H2,2H3. The summed E-state index contributed by atoms with van der Waals surface area (Å²) < 4.78 is 5.47. The summed E-state index contributed by atoms with van der Waals surface area (Å²) in [5.74, 6) is 0.641. The number of piperazine rings is 1. The second-order valence-corrected chi connectivity index (χ2v) is 8.17. The highest BCUT2D eigenvalue weighted by Crippen LogP contribution is 2.39. The average Bonchev–Trinajstić information content (AvgIpc) is 2.71. The van der Waals surface area contributed by atoms with E-state index < -0.39 is 0 Å². The van der Waals surface area contributed by atoms with Gasteiger partial charge in [0.05, 0.1) is 18.6 Å². The highest BCUT2D eigenvalue weighted by atomic mass is 35.5. The maximum atomic E-state index is 12.9. The Balaban J connectivity index is 1.84. The van der Waals surface area contributed by atoms with E-state index >= 15 is 0 Å². The normalized spacial score (nSPS) is 14.7. The number of methoxy groups -OCH3 is 1. The Kier molecular flexibility index (Phi) is 7.47. The number of amides is 1. The SMILES string of the molecule is C=CCN1CCN(C(=O)Cc2cc(-c3cc(Cl)ccc3Cl)c(Cl)cc2OC)CC1. The predicted molar refractivity (Wildman–Crippen MR) is 120 cm³/mol. The zero-order chi connectivity index (χ0) is 21.0. The average molecular weight is 454 g/mol. The third kappa shape index (κ3) is 5.26. The van der Waals surface area contributed by atoms with Crippen molar-refractivity contribution < 1.29 is 9.53 Å². The summed E-state index contributed by atoms with van der Waals surface area (Å²) in [6, 6.07) is 8.81. The molecule has 0 radical (unpaired) electrons. The molecule has 0 saturated carbocycles. The third-order valence-electron chi connectivity index (χ3n) is 5.04. The summed E-state index contributed by atoms with van der Waals surface area (Å²) in [5, 5.41) is 1.59. The van der Waals surface area contributed by atoms with E-state index in [1.165, 1.54) is 0 Å². The van der Waals surface area contributed by atoms with Crippen molar-refractivity contribution in [2.45, 2.75) is 6.42 Å². The monoisotopic (exact) mass is 452 g/mol. The molecule has 1 aliphatic heterocycles. The van der Waals surface area contributed by atoms with Crippen molar-refractivity contribution in [1.29, 1.82) is 0 Å². The molecule has 1 saturated heterocycles. The van der Waals surface area contributed by atoms with E-state index in [2.05, 4.69) is 11.5 Å². The van der Waals surface area contributed by atoms with E-state index in [1.807, 2.05) is 17.0 Å². The number of nitrogens with zero attached hydrogens (tertiary/aromatic N) is 2. The van der Waals surface area contributed by atoms with Crippen molar-refractivity contribution in [3.05, 3.63) is 63.6 Å². The number of hydrogen-bond acceptors (Lipinski definition) is 3. The lowest BCUT2D eigenvalue weighted by Crippen LogP contribution is -2.49. The van der Waals surface area contributed by atoms with Gasteiger partial charge < -0.3 is 9.64 Å². The molecule has 7 heteroatoms. The van der Waals surface area contributed by atoms with Gasteiger partial charge in [-0.05, 0) is 30.3 Å². The van der Waals surface area contributed by atoms with Gasteiger partial charge >= 0.3 is 0 Å². The van der Waals surface area contributed by atoms with Gasteiger partial charge in [-0.2, -0.15) is 0 Å². The first-order valence-corrected chi connectivity index (χ1v) is 10.5. The van der Waals surface area contributed by atoms with Gasteiger partial charge in [0.2, 0.25) is 5.91 Å². The minimum absolute atomic E-state index is 0.0621. The number of benzene rings is 2. The number of carbonyl (C=O) groups excluding carboxylic acids is 1. The lowest BCUT2D eigenvalue weighted by atomic mass is 10.00. The number of carbonyl (C=O) groups is 1. The van der Waals surface area contributed by atoms with E-state index in [0.717, 1.165) is 36.3 Å². The Morgan fingerprint density at radius 1 is 1.07 bits per heavy atom. The van der Waals surface area contributed by atoms with Gasteiger partial charge in [-0.15, -0.1) is 6.58 Å². The lowest BCUT2D eigenvalue weighted by molar-refractivity contribution is -0.132. The van der Waals surface area contributed by atoms with Gasteiger partial charge in [0.25, 0.3) is 0 Å². The Labute approximate surface area is 186 Å². The van der Waals surface area contributed by atoms with Gasteiger partial charge in [0, 0.05) is 59.5 Å². The largest absolute Gasteiger partial charge is 0.496 e. The summed E-state index contributed by atoms with van der Waals surface area (Å²) in [4.78, 5) is 17.1. The van der Waals surface area contributed by atoms with Gasteiger partial charge in [-0.3, -0.25) is 9.69 Å². The highest BCUT2D eigenvalue weighted by Gasteiger charge is 2.22. The van der Waals surface area contributed by atoms with E-state index in [0.29, 0.717) is 33.9 Å². The van der Waals surface area contributed by atoms with Crippen LogP contribution in [-0.4, -0.2) is 55.5 Å². The maximum Gasteiger partial charge on any atom is 0.227 e. The lowest BCUT2D eigenvalue weighted by Gasteiger charge is -2.34. The van der Waals surface area contributed by atoms with Gasteiger partial charge in [-0.25, -0.2) is 0 Å². The topological polar surface area (TPSA) is 32.8 Å². The first-order valence-electron chi connectivity index (χ1n) is 9.35. The van der Waals surface area contributed by atoms with Gasteiger partial charge in [0.1, 0.15) is 5.75 Å². The van der Waals surface area contributed by atoms with Crippen molar-refractivity contribution in [2.75, 3.05) is 39.8 Å². The first-order chi connectivity index (χ1) is 13.9. The zero-order valence-corrected chi connectivity index (χ0v) is 18.5. The van der Waals surface area contributed by atoms with Crippen molar-refractivity contribution >= 4 is 40.7 Å². The molecular weight excluding hydrogens is 431 g/mol. The molecule has 4 nitrogen and oxygen atoms in total. The zero-order valence-electron chi connectivity index (χ0n) is 16.3. The summed E-state index contributed by atoms with van der Waals surface area (Å²) in [5.41, 5.74) is 2.21. The maximum absolute atomic E-state index is 12.9. The van der Waals surface area contributed by atoms with Crippen molar-refractivity contribution in [1.82, 2.24) is 9.80 Å². The second-order valence-electron chi connectivity index (χ2n) is 6.91. The van der Waals surface area contributed by atoms with E-state index in [4.69, 9.17) is 39.5 Å². The molecule has 2 aromatic carbocycles. The van der Waals surface area contributed by atoms with E-state index in [9.17, 15) is 4.79 Å². The molecular formula is C22H23Cl3N2O2. The van der Waals surface area contributed by atoms with Crippen LogP contribution in [0.5, 0.6) is 5.75 Å². The van der Waals surface area contributed by atoms with Crippen LogP contribution in [0, 0.1) is 0 Å². The van der Waals surface area contributed by atoms with Crippen LogP contribution in [0.15, 0.2) is 43.0 Å². The molecule has 29 heavy (non-hydrogen) atoms. The Morgan fingerprint density at radius 2 is 1.76 bits per heavy atom. The fourth-order valence-electron chi connectivity index (χ4n) is 3.48. The van der Waals surface area contributed by atoms with E-state index in [-0.39, 0.29) is 12.3 Å². The smallest absolute Gasteiger partial charge is 0.227 e. The Hall–Kier alpha value is -1.72. The number of ether oxygens (including phenoxy) is 1. The molecule has 0 unspecified atom stereocenters. The van der Waals surface area contributed by atoms with Gasteiger partial charge in [0.15, 0.2) is 0 Å². The number of rotatable bonds is 6. The minimum atomic E-state index is 0.0621. The second kappa shape index (κ2) is 9.86. The minimum Gasteiger partial charge on any atom is -0.496 e. The summed E-state index contributed by atoms with van der Waals surface area (Å²) in [6.07, 6.45) is 2.12. The molecule has 2 aromatic rings. The van der Waals surface area contributed by atoms with Gasteiger partial charge in [-0.1, -0.05) is 40.9 Å². The summed E-state index contributed by atoms with van der Waals surface area (Å²) >= 11 is 19.0. The van der Waals surface area contributed by atoms with Crippen LogP contribution >= 0.6 is 34.8 Å². The van der Waals surface area contributed by atoms with Crippen LogP contribution in [0.25, 0.3) is 11.1 Å². The molecule has 154 valence electrons. The van der Waals surface area contributed by atoms with Crippen LogP contribution in [0.4, 0.5) is 0 Å². The van der Waals surface area contributed by atoms with Crippen LogP contribution in [0.2, 0.25) is 15.1 Å². The molecule has 1 amide bonds. The van der Waals surface area contributed by atoms with Crippen LogP contribution in [-0.2, 0) is 11.2 Å². The molecule has 1 heterocycles. The van der Waals surface area contributed by atoms with Crippen LogP contribution < -0.4 is 4.74 Å². The number of halogens is 3. The molecule has 0 aliphatic carbocycles. The first kappa shape index (κ1) is 22.0. The Bertz CT molecular complexity index is 909. The Morgan fingerprint density at radius 3 is 2.41 bits per heavy atom. The molecule has 0 bridgehead atoms. The number of hydrogen-bond donors (Lipinski definition) is 0. The fourth-order valence-corrected chi connectivity index (χ4v) is 4.12. The molecule has 0 spiro atoms. The molecule has 1 aliphatic rings.